The number of nitrogens with zero attached hydrogens (tertiary/aromatic N) is 1. The number of anilines is 2. The average molecular weight is 296 g/mol. The van der Waals surface area contributed by atoms with Crippen molar-refractivity contribution in [3.05, 3.63) is 40.7 Å². The number of aromatic amines is 1. The minimum atomic E-state index is -3.85. The number of nitrogen functional groups attached to an aromatic ring is 1. The highest BCUT2D eigenvalue weighted by atomic mass is 32.2. The van der Waals surface area contributed by atoms with Crippen molar-refractivity contribution in [2.75, 3.05) is 17.6 Å². The first-order valence-corrected chi connectivity index (χ1v) is 6.93. The SMILES string of the molecule is COc1cc(S(=O)(=O)Nc2ccc(=O)[nH]n2)ccc1N. The number of nitrogens with two attached hydrogens (primary N) is 1. The van der Waals surface area contributed by atoms with E-state index in [0.717, 1.165) is 6.07 Å². The summed E-state index contributed by atoms with van der Waals surface area (Å²) in [6.07, 6.45) is 0. The molecule has 8 nitrogen and oxygen atoms in total. The van der Waals surface area contributed by atoms with Crippen LogP contribution in [0, 0.1) is 0 Å². The lowest BCUT2D eigenvalue weighted by Crippen LogP contribution is -2.16. The van der Waals surface area contributed by atoms with Crippen LogP contribution in [0.15, 0.2) is 40.0 Å². The number of nitrogens with one attached hydrogen (secondary N) is 2. The maximum absolute atomic E-state index is 12.1. The van der Waals surface area contributed by atoms with Crippen LogP contribution < -0.4 is 20.8 Å². The Hall–Kier alpha value is -2.55. The molecule has 106 valence electrons. The summed E-state index contributed by atoms with van der Waals surface area (Å²) in [5.74, 6) is 0.252. The van der Waals surface area contributed by atoms with Gasteiger partial charge in [-0.3, -0.25) is 9.52 Å². The molecule has 1 heterocycles. The fraction of sp³-hybridized carbons (Fsp3) is 0.0909. The Kier molecular flexibility index (Phi) is 3.61. The maximum atomic E-state index is 12.1. The molecule has 9 heteroatoms. The lowest BCUT2D eigenvalue weighted by atomic mass is 10.3. The first kappa shape index (κ1) is 13.9. The Morgan fingerprint density at radius 1 is 1.30 bits per heavy atom. The van der Waals surface area contributed by atoms with Crippen molar-refractivity contribution in [2.45, 2.75) is 4.90 Å². The summed E-state index contributed by atoms with van der Waals surface area (Å²) in [5, 5.41) is 5.69. The minimum Gasteiger partial charge on any atom is -0.495 e. The van der Waals surface area contributed by atoms with Crippen LogP contribution in [0.1, 0.15) is 0 Å². The van der Waals surface area contributed by atoms with Crippen molar-refractivity contribution < 1.29 is 13.2 Å². The van der Waals surface area contributed by atoms with E-state index < -0.39 is 15.6 Å². The zero-order valence-electron chi connectivity index (χ0n) is 10.5. The average Bonchev–Trinajstić information content (AvgIpc) is 2.41. The van der Waals surface area contributed by atoms with Gasteiger partial charge in [0.05, 0.1) is 17.7 Å². The minimum absolute atomic E-state index is 0.000363. The molecule has 0 spiro atoms. The van der Waals surface area contributed by atoms with Gasteiger partial charge in [0, 0.05) is 12.1 Å². The van der Waals surface area contributed by atoms with Crippen LogP contribution in [0.5, 0.6) is 5.75 Å². The Bertz CT molecular complexity index is 765. The van der Waals surface area contributed by atoms with E-state index in [1.54, 1.807) is 0 Å². The van der Waals surface area contributed by atoms with E-state index in [-0.39, 0.29) is 16.5 Å². The fourth-order valence-corrected chi connectivity index (χ4v) is 2.47. The van der Waals surface area contributed by atoms with Crippen molar-refractivity contribution in [3.63, 3.8) is 0 Å². The molecule has 0 aliphatic rings. The number of hydrogen-bond acceptors (Lipinski definition) is 6. The summed E-state index contributed by atoms with van der Waals surface area (Å²) in [5.41, 5.74) is 5.52. The molecule has 4 N–H and O–H groups in total. The Balaban J connectivity index is 2.35. The van der Waals surface area contributed by atoms with Gasteiger partial charge in [-0.15, -0.1) is 0 Å². The molecule has 1 aromatic carbocycles. The molecule has 1 aromatic heterocycles. The highest BCUT2D eigenvalue weighted by Gasteiger charge is 2.16. The first-order valence-electron chi connectivity index (χ1n) is 5.44. The lowest BCUT2D eigenvalue weighted by Gasteiger charge is -2.09. The molecule has 0 saturated carbocycles. The summed E-state index contributed by atoms with van der Waals surface area (Å²) in [6.45, 7) is 0. The molecule has 0 amide bonds. The van der Waals surface area contributed by atoms with E-state index in [0.29, 0.717) is 5.69 Å². The van der Waals surface area contributed by atoms with E-state index in [4.69, 9.17) is 10.5 Å². The summed E-state index contributed by atoms with van der Waals surface area (Å²) in [6, 6.07) is 6.47. The highest BCUT2D eigenvalue weighted by Crippen LogP contribution is 2.25. The number of sulfonamides is 1. The molecule has 0 atom stereocenters. The van der Waals surface area contributed by atoms with Crippen molar-refractivity contribution in [3.8, 4) is 5.75 Å². The van der Waals surface area contributed by atoms with Crippen LogP contribution in [0.4, 0.5) is 11.5 Å². The fourth-order valence-electron chi connectivity index (χ4n) is 1.46. The predicted molar refractivity (Wildman–Crippen MR) is 73.1 cm³/mol. The van der Waals surface area contributed by atoms with E-state index in [9.17, 15) is 13.2 Å². The number of H-pyrrole nitrogens is 1. The molecule has 20 heavy (non-hydrogen) atoms. The third-order valence-electron chi connectivity index (χ3n) is 2.43. The van der Waals surface area contributed by atoms with Crippen molar-refractivity contribution in [1.29, 1.82) is 0 Å². The summed E-state index contributed by atoms with van der Waals surface area (Å²) >= 11 is 0. The van der Waals surface area contributed by atoms with E-state index in [1.807, 2.05) is 0 Å². The largest absolute Gasteiger partial charge is 0.495 e. The van der Waals surface area contributed by atoms with Gasteiger partial charge >= 0.3 is 0 Å². The molecule has 0 radical (unpaired) electrons. The van der Waals surface area contributed by atoms with Gasteiger partial charge in [-0.1, -0.05) is 0 Å². The Labute approximate surface area is 114 Å². The number of benzene rings is 1. The third-order valence-corrected chi connectivity index (χ3v) is 3.79. The highest BCUT2D eigenvalue weighted by molar-refractivity contribution is 7.92. The molecular weight excluding hydrogens is 284 g/mol. The first-order chi connectivity index (χ1) is 9.42. The second kappa shape index (κ2) is 5.21. The van der Waals surface area contributed by atoms with Gasteiger partial charge in [-0.2, -0.15) is 5.10 Å². The van der Waals surface area contributed by atoms with Crippen LogP contribution in [0.2, 0.25) is 0 Å². The van der Waals surface area contributed by atoms with Crippen molar-refractivity contribution >= 4 is 21.5 Å². The van der Waals surface area contributed by atoms with Crippen molar-refractivity contribution in [1.82, 2.24) is 10.2 Å². The third kappa shape index (κ3) is 2.88. The van der Waals surface area contributed by atoms with Gasteiger partial charge in [-0.25, -0.2) is 13.5 Å². The van der Waals surface area contributed by atoms with Gasteiger partial charge in [0.2, 0.25) is 0 Å². The van der Waals surface area contributed by atoms with Crippen LogP contribution in [-0.2, 0) is 10.0 Å². The summed E-state index contributed by atoms with van der Waals surface area (Å²) in [4.78, 5) is 10.8. The molecule has 0 unspecified atom stereocenters. The van der Waals surface area contributed by atoms with Crippen LogP contribution >= 0.6 is 0 Å². The van der Waals surface area contributed by atoms with E-state index >= 15 is 0 Å². The molecular formula is C11H12N4O4S. The molecule has 0 bridgehead atoms. The molecule has 2 aromatic rings. The number of rotatable bonds is 4. The second-order valence-corrected chi connectivity index (χ2v) is 5.50. The predicted octanol–water partition coefficient (Wildman–Crippen LogP) is 0.161. The number of ether oxygens (including phenoxy) is 1. The lowest BCUT2D eigenvalue weighted by molar-refractivity contribution is 0.415. The molecule has 0 aliphatic carbocycles. The second-order valence-electron chi connectivity index (χ2n) is 3.82. The van der Waals surface area contributed by atoms with E-state index in [1.165, 1.54) is 31.4 Å². The zero-order chi connectivity index (χ0) is 14.8. The monoisotopic (exact) mass is 296 g/mol. The normalized spacial score (nSPS) is 11.1. The van der Waals surface area contributed by atoms with Gasteiger partial charge in [0.1, 0.15) is 5.75 Å². The topological polar surface area (TPSA) is 127 Å². The van der Waals surface area contributed by atoms with E-state index in [2.05, 4.69) is 14.9 Å². The number of methoxy groups -OCH3 is 1. The van der Waals surface area contributed by atoms with Gasteiger partial charge in [-0.05, 0) is 18.2 Å². The summed E-state index contributed by atoms with van der Waals surface area (Å²) < 4.78 is 31.4. The maximum Gasteiger partial charge on any atom is 0.264 e. The molecule has 0 fully saturated rings. The zero-order valence-corrected chi connectivity index (χ0v) is 11.3. The molecule has 0 saturated heterocycles. The number of hydrogen-bond donors (Lipinski definition) is 3. The smallest absolute Gasteiger partial charge is 0.264 e. The van der Waals surface area contributed by atoms with Gasteiger partial charge in [0.25, 0.3) is 15.6 Å². The quantitative estimate of drug-likeness (QED) is 0.690. The van der Waals surface area contributed by atoms with Gasteiger partial charge in [0.15, 0.2) is 5.82 Å². The van der Waals surface area contributed by atoms with Crippen LogP contribution in [-0.4, -0.2) is 25.7 Å². The van der Waals surface area contributed by atoms with Gasteiger partial charge < -0.3 is 10.5 Å². The Morgan fingerprint density at radius 3 is 2.65 bits per heavy atom. The molecule has 0 aliphatic heterocycles. The number of aromatic nitrogens is 2. The van der Waals surface area contributed by atoms with Crippen molar-refractivity contribution in [2.24, 2.45) is 0 Å². The molecule has 2 rings (SSSR count). The summed E-state index contributed by atoms with van der Waals surface area (Å²) in [7, 11) is -2.46. The van der Waals surface area contributed by atoms with Crippen LogP contribution in [0.3, 0.4) is 0 Å². The Morgan fingerprint density at radius 2 is 2.05 bits per heavy atom. The standard InChI is InChI=1S/C11H12N4O4S/c1-19-9-6-7(2-3-8(9)12)20(17,18)15-10-4-5-11(16)14-13-10/h2-6H,12H2,1H3,(H,13,15)(H,14,16). The van der Waals surface area contributed by atoms with Crippen LogP contribution in [0.25, 0.3) is 0 Å².